The molecule has 2 rings (SSSR count). The summed E-state index contributed by atoms with van der Waals surface area (Å²) >= 11 is 0. The zero-order chi connectivity index (χ0) is 15.4. The molecule has 0 N–H and O–H groups in total. The molecule has 1 aromatic carbocycles. The highest BCUT2D eigenvalue weighted by Gasteiger charge is 2.24. The summed E-state index contributed by atoms with van der Waals surface area (Å²) in [7, 11) is 2.64. The quantitative estimate of drug-likeness (QED) is 0.476. The van der Waals surface area contributed by atoms with E-state index >= 15 is 0 Å². The van der Waals surface area contributed by atoms with Gasteiger partial charge in [-0.3, -0.25) is 19.9 Å². The lowest BCUT2D eigenvalue weighted by Gasteiger charge is -2.09. The highest BCUT2D eigenvalue weighted by molar-refractivity contribution is 6.08. The van der Waals surface area contributed by atoms with Gasteiger partial charge in [0.05, 0.1) is 19.1 Å². The van der Waals surface area contributed by atoms with Crippen molar-refractivity contribution in [2.75, 3.05) is 14.2 Å². The molecule has 1 heterocycles. The second-order valence-corrected chi connectivity index (χ2v) is 4.03. The van der Waals surface area contributed by atoms with Gasteiger partial charge in [-0.1, -0.05) is 6.07 Å². The van der Waals surface area contributed by atoms with E-state index in [2.05, 4.69) is 4.98 Å². The minimum Gasteiger partial charge on any atom is -0.493 e. The van der Waals surface area contributed by atoms with Crippen LogP contribution in [0.5, 0.6) is 11.5 Å². The average Bonchev–Trinajstić information content (AvgIpc) is 2.53. The zero-order valence-electron chi connectivity index (χ0n) is 11.4. The summed E-state index contributed by atoms with van der Waals surface area (Å²) in [5.41, 5.74) is -0.0341. The van der Waals surface area contributed by atoms with Crippen molar-refractivity contribution in [2.24, 2.45) is 0 Å². The number of nitrogens with zero attached hydrogens (tertiary/aromatic N) is 2. The van der Waals surface area contributed by atoms with Gasteiger partial charge < -0.3 is 9.47 Å². The summed E-state index contributed by atoms with van der Waals surface area (Å²) in [6, 6.07) is 7.41. The summed E-state index contributed by atoms with van der Waals surface area (Å²) in [6.07, 6.45) is 1.47. The van der Waals surface area contributed by atoms with Crippen LogP contribution < -0.4 is 9.47 Å². The number of aromatic nitrogens is 1. The molecule has 108 valence electrons. The van der Waals surface area contributed by atoms with E-state index in [1.807, 2.05) is 0 Å². The van der Waals surface area contributed by atoms with Crippen molar-refractivity contribution in [3.8, 4) is 11.5 Å². The summed E-state index contributed by atoms with van der Waals surface area (Å²) in [4.78, 5) is 26.7. The lowest BCUT2D eigenvalue weighted by Crippen LogP contribution is -2.06. The molecule has 2 aromatic rings. The van der Waals surface area contributed by atoms with E-state index in [9.17, 15) is 14.9 Å². The van der Waals surface area contributed by atoms with Gasteiger partial charge in [0.2, 0.25) is 11.5 Å². The Bertz CT molecular complexity index is 685. The largest absolute Gasteiger partial charge is 0.493 e. The molecule has 0 fully saturated rings. The van der Waals surface area contributed by atoms with Crippen LogP contribution in [-0.2, 0) is 0 Å². The molecule has 0 bridgehead atoms. The van der Waals surface area contributed by atoms with E-state index in [-0.39, 0.29) is 28.4 Å². The van der Waals surface area contributed by atoms with E-state index in [0.717, 1.165) is 6.07 Å². The molecular formula is C14H12N2O5. The van der Waals surface area contributed by atoms with Crippen LogP contribution in [0.1, 0.15) is 16.1 Å². The standard InChI is InChI=1S/C14H12N2O5/c1-20-12-8-9(7-11(16(18)19)14(12)21-2)13(17)10-5-3-4-6-15-10/h3-8H,1-2H3. The fraction of sp³-hybridized carbons (Fsp3) is 0.143. The van der Waals surface area contributed by atoms with E-state index in [0.29, 0.717) is 0 Å². The van der Waals surface area contributed by atoms with Gasteiger partial charge in [-0.05, 0) is 18.2 Å². The highest BCUT2D eigenvalue weighted by Crippen LogP contribution is 2.38. The summed E-state index contributed by atoms with van der Waals surface area (Å²) in [5, 5.41) is 11.1. The molecule has 0 spiro atoms. The van der Waals surface area contributed by atoms with Gasteiger partial charge in [-0.2, -0.15) is 0 Å². The summed E-state index contributed by atoms with van der Waals surface area (Å²) in [6.45, 7) is 0. The fourth-order valence-electron chi connectivity index (χ4n) is 1.86. The average molecular weight is 288 g/mol. The number of hydrogen-bond donors (Lipinski definition) is 0. The molecule has 0 atom stereocenters. The van der Waals surface area contributed by atoms with Crippen LogP contribution in [0, 0.1) is 10.1 Å². The van der Waals surface area contributed by atoms with Crippen molar-refractivity contribution in [3.05, 3.63) is 57.9 Å². The lowest BCUT2D eigenvalue weighted by atomic mass is 10.1. The Balaban J connectivity index is 2.57. The normalized spacial score (nSPS) is 10.0. The zero-order valence-corrected chi connectivity index (χ0v) is 11.4. The highest BCUT2D eigenvalue weighted by atomic mass is 16.6. The first-order valence-corrected chi connectivity index (χ1v) is 5.94. The number of carbonyl (C=O) groups is 1. The van der Waals surface area contributed by atoms with Crippen molar-refractivity contribution in [1.29, 1.82) is 0 Å². The minimum absolute atomic E-state index is 0.0277. The molecule has 7 nitrogen and oxygen atoms in total. The number of hydrogen-bond acceptors (Lipinski definition) is 6. The maximum absolute atomic E-state index is 12.3. The van der Waals surface area contributed by atoms with Gasteiger partial charge in [0, 0.05) is 17.8 Å². The molecular weight excluding hydrogens is 276 g/mol. The second kappa shape index (κ2) is 6.00. The first-order chi connectivity index (χ1) is 10.1. The van der Waals surface area contributed by atoms with Crippen LogP contribution in [0.25, 0.3) is 0 Å². The van der Waals surface area contributed by atoms with Crippen molar-refractivity contribution in [1.82, 2.24) is 4.98 Å². The number of nitro groups is 1. The topological polar surface area (TPSA) is 91.6 Å². The number of carbonyl (C=O) groups excluding carboxylic acids is 1. The number of methoxy groups -OCH3 is 2. The van der Waals surface area contributed by atoms with Crippen LogP contribution >= 0.6 is 0 Å². The third-order valence-electron chi connectivity index (χ3n) is 2.82. The van der Waals surface area contributed by atoms with E-state index in [1.165, 1.54) is 32.5 Å². The Morgan fingerprint density at radius 2 is 2.00 bits per heavy atom. The van der Waals surface area contributed by atoms with Gasteiger partial charge >= 0.3 is 5.69 Å². The molecule has 0 saturated carbocycles. The van der Waals surface area contributed by atoms with E-state index in [4.69, 9.17) is 9.47 Å². The molecule has 1 aromatic heterocycles. The Kier molecular flexibility index (Phi) is 4.13. The van der Waals surface area contributed by atoms with Crippen molar-refractivity contribution in [3.63, 3.8) is 0 Å². The third-order valence-corrected chi connectivity index (χ3v) is 2.82. The van der Waals surface area contributed by atoms with E-state index in [1.54, 1.807) is 12.1 Å². The van der Waals surface area contributed by atoms with Crippen LogP contribution in [0.3, 0.4) is 0 Å². The SMILES string of the molecule is COc1cc(C(=O)c2ccccn2)cc([N+](=O)[O-])c1OC. The lowest BCUT2D eigenvalue weighted by molar-refractivity contribution is -0.385. The second-order valence-electron chi connectivity index (χ2n) is 4.03. The maximum atomic E-state index is 12.3. The van der Waals surface area contributed by atoms with E-state index < -0.39 is 10.7 Å². The van der Waals surface area contributed by atoms with Crippen molar-refractivity contribution in [2.45, 2.75) is 0 Å². The first kappa shape index (κ1) is 14.4. The fourth-order valence-corrected chi connectivity index (χ4v) is 1.86. The predicted octanol–water partition coefficient (Wildman–Crippen LogP) is 2.24. The van der Waals surface area contributed by atoms with Gasteiger partial charge in [-0.25, -0.2) is 0 Å². The van der Waals surface area contributed by atoms with Crippen molar-refractivity contribution < 1.29 is 19.2 Å². The first-order valence-electron chi connectivity index (χ1n) is 5.94. The van der Waals surface area contributed by atoms with Crippen LogP contribution in [0.15, 0.2) is 36.5 Å². The summed E-state index contributed by atoms with van der Waals surface area (Å²) in [5.74, 6) is -0.342. The molecule has 0 aliphatic rings. The molecule has 0 unspecified atom stereocenters. The van der Waals surface area contributed by atoms with Gasteiger partial charge in [0.15, 0.2) is 5.75 Å². The maximum Gasteiger partial charge on any atom is 0.315 e. The number of pyridine rings is 1. The van der Waals surface area contributed by atoms with Crippen LogP contribution in [-0.4, -0.2) is 29.9 Å². The number of ketones is 1. The molecule has 21 heavy (non-hydrogen) atoms. The molecule has 0 saturated heterocycles. The van der Waals surface area contributed by atoms with Gasteiger partial charge in [0.25, 0.3) is 0 Å². The number of benzene rings is 1. The van der Waals surface area contributed by atoms with Gasteiger partial charge in [-0.15, -0.1) is 0 Å². The Labute approximate surface area is 120 Å². The Hall–Kier alpha value is -2.96. The van der Waals surface area contributed by atoms with Crippen LogP contribution in [0.2, 0.25) is 0 Å². The minimum atomic E-state index is -0.628. The monoisotopic (exact) mass is 288 g/mol. The number of nitro benzene ring substituents is 1. The predicted molar refractivity (Wildman–Crippen MR) is 73.9 cm³/mol. The Morgan fingerprint density at radius 3 is 2.52 bits per heavy atom. The smallest absolute Gasteiger partial charge is 0.315 e. The molecule has 0 aliphatic carbocycles. The summed E-state index contributed by atoms with van der Waals surface area (Å²) < 4.78 is 10.0. The Morgan fingerprint density at radius 1 is 1.24 bits per heavy atom. The van der Waals surface area contributed by atoms with Crippen LogP contribution in [0.4, 0.5) is 5.69 Å². The van der Waals surface area contributed by atoms with Gasteiger partial charge in [0.1, 0.15) is 5.69 Å². The molecule has 0 aliphatic heterocycles. The molecule has 0 radical (unpaired) electrons. The number of ether oxygens (including phenoxy) is 2. The molecule has 0 amide bonds. The molecule has 7 heteroatoms. The van der Waals surface area contributed by atoms with Crippen molar-refractivity contribution >= 4 is 11.5 Å². The number of rotatable bonds is 5. The third kappa shape index (κ3) is 2.81.